The second-order valence-corrected chi connectivity index (χ2v) is 2.96. The maximum absolute atomic E-state index is 11.7. The first kappa shape index (κ1) is 14.6. The lowest BCUT2D eigenvalue weighted by Gasteiger charge is -2.26. The van der Waals surface area contributed by atoms with Crippen molar-refractivity contribution >= 4 is 11.9 Å². The summed E-state index contributed by atoms with van der Waals surface area (Å²) in [6.07, 6.45) is 1.43. The Balaban J connectivity index is 5.04. The summed E-state index contributed by atoms with van der Waals surface area (Å²) < 4.78 is 14.6. The molecule has 5 nitrogen and oxygen atoms in total. The Morgan fingerprint density at radius 1 is 1.19 bits per heavy atom. The largest absolute Gasteiger partial charge is 0.463 e. The lowest BCUT2D eigenvalue weighted by molar-refractivity contribution is -0.186. The third-order valence-electron chi connectivity index (χ3n) is 1.99. The minimum atomic E-state index is -1.73. The highest BCUT2D eigenvalue weighted by Crippen LogP contribution is 2.20. The van der Waals surface area contributed by atoms with Crippen molar-refractivity contribution in [2.45, 2.75) is 25.9 Å². The molecule has 0 aromatic rings. The second-order valence-electron chi connectivity index (χ2n) is 2.96. The van der Waals surface area contributed by atoms with Crippen molar-refractivity contribution in [3.8, 4) is 0 Å². The number of rotatable bonds is 7. The van der Waals surface area contributed by atoms with Crippen LogP contribution in [0.15, 0.2) is 12.7 Å². The minimum Gasteiger partial charge on any atom is -0.463 e. The predicted molar refractivity (Wildman–Crippen MR) is 57.8 cm³/mol. The predicted octanol–water partition coefficient (Wildman–Crippen LogP) is 1.07. The third kappa shape index (κ3) is 3.06. The van der Waals surface area contributed by atoms with Gasteiger partial charge < -0.3 is 14.2 Å². The summed E-state index contributed by atoms with van der Waals surface area (Å²) in [5.41, 5.74) is -1.73. The monoisotopic (exact) mass is 230 g/mol. The highest BCUT2D eigenvalue weighted by atomic mass is 16.6. The summed E-state index contributed by atoms with van der Waals surface area (Å²) in [7, 11) is 1.26. The van der Waals surface area contributed by atoms with Gasteiger partial charge in [-0.1, -0.05) is 6.08 Å². The van der Waals surface area contributed by atoms with Crippen LogP contribution in [-0.2, 0) is 23.8 Å². The molecule has 0 fully saturated rings. The summed E-state index contributed by atoms with van der Waals surface area (Å²) in [5, 5.41) is 0. The Morgan fingerprint density at radius 3 is 1.88 bits per heavy atom. The van der Waals surface area contributed by atoms with Crippen molar-refractivity contribution in [1.29, 1.82) is 0 Å². The molecule has 0 aliphatic rings. The van der Waals surface area contributed by atoms with Crippen molar-refractivity contribution < 1.29 is 23.8 Å². The van der Waals surface area contributed by atoms with E-state index in [4.69, 9.17) is 14.2 Å². The fraction of sp³-hybridized carbons (Fsp3) is 0.636. The smallest absolute Gasteiger partial charge is 0.350 e. The molecule has 5 heteroatoms. The average molecular weight is 230 g/mol. The standard InChI is InChI=1S/C11H18O5/c1-5-8-11(14-4,9(12)15-6-2)10(13)16-7-3/h5H,1,6-8H2,2-4H3. The van der Waals surface area contributed by atoms with E-state index in [0.717, 1.165) is 0 Å². The molecule has 0 N–H and O–H groups in total. The number of hydrogen-bond acceptors (Lipinski definition) is 5. The molecule has 0 atom stereocenters. The molecule has 0 amide bonds. The topological polar surface area (TPSA) is 61.8 Å². The van der Waals surface area contributed by atoms with Gasteiger partial charge in [0.15, 0.2) is 0 Å². The number of carbonyl (C=O) groups is 2. The summed E-state index contributed by atoms with van der Waals surface area (Å²) in [4.78, 5) is 23.4. The first-order valence-corrected chi connectivity index (χ1v) is 5.09. The SMILES string of the molecule is C=CCC(OC)(C(=O)OCC)C(=O)OCC. The Hall–Kier alpha value is -1.36. The van der Waals surface area contributed by atoms with Crippen LogP contribution in [-0.4, -0.2) is 37.9 Å². The Labute approximate surface area is 95.4 Å². The first-order chi connectivity index (χ1) is 7.58. The van der Waals surface area contributed by atoms with Gasteiger partial charge in [-0.05, 0) is 13.8 Å². The number of hydrogen-bond donors (Lipinski definition) is 0. The molecular formula is C11H18O5. The van der Waals surface area contributed by atoms with E-state index in [-0.39, 0.29) is 19.6 Å². The van der Waals surface area contributed by atoms with Crippen molar-refractivity contribution in [1.82, 2.24) is 0 Å². The van der Waals surface area contributed by atoms with E-state index < -0.39 is 17.5 Å². The molecule has 0 aliphatic heterocycles. The number of ether oxygens (including phenoxy) is 3. The van der Waals surface area contributed by atoms with Gasteiger partial charge >= 0.3 is 11.9 Å². The molecule has 0 heterocycles. The van der Waals surface area contributed by atoms with E-state index in [9.17, 15) is 9.59 Å². The van der Waals surface area contributed by atoms with E-state index in [0.29, 0.717) is 0 Å². The molecule has 0 saturated heterocycles. The Bertz CT molecular complexity index is 241. The van der Waals surface area contributed by atoms with Gasteiger partial charge in [-0.3, -0.25) is 0 Å². The highest BCUT2D eigenvalue weighted by molar-refractivity contribution is 6.03. The van der Waals surface area contributed by atoms with Crippen LogP contribution >= 0.6 is 0 Å². The Morgan fingerprint density at radius 2 is 1.62 bits per heavy atom. The van der Waals surface area contributed by atoms with Gasteiger partial charge in [0.05, 0.1) is 13.2 Å². The van der Waals surface area contributed by atoms with Gasteiger partial charge in [0, 0.05) is 13.5 Å². The van der Waals surface area contributed by atoms with Crippen molar-refractivity contribution in [3.05, 3.63) is 12.7 Å². The lowest BCUT2D eigenvalue weighted by Crippen LogP contribution is -2.50. The minimum absolute atomic E-state index is 0.0150. The third-order valence-corrected chi connectivity index (χ3v) is 1.99. The molecule has 0 rings (SSSR count). The van der Waals surface area contributed by atoms with E-state index in [1.165, 1.54) is 13.2 Å². The van der Waals surface area contributed by atoms with Crippen LogP contribution in [0.3, 0.4) is 0 Å². The molecular weight excluding hydrogens is 212 g/mol. The number of esters is 2. The molecule has 92 valence electrons. The zero-order chi connectivity index (χ0) is 12.6. The van der Waals surface area contributed by atoms with Gasteiger partial charge in [0.1, 0.15) is 0 Å². The maximum atomic E-state index is 11.7. The van der Waals surface area contributed by atoms with Crippen LogP contribution in [0.2, 0.25) is 0 Å². The Kier molecular flexibility index (Phi) is 6.41. The second kappa shape index (κ2) is 7.00. The fourth-order valence-corrected chi connectivity index (χ4v) is 1.20. The summed E-state index contributed by atoms with van der Waals surface area (Å²) >= 11 is 0. The normalized spacial score (nSPS) is 10.7. The van der Waals surface area contributed by atoms with Crippen LogP contribution in [0.1, 0.15) is 20.3 Å². The molecule has 0 unspecified atom stereocenters. The van der Waals surface area contributed by atoms with Crippen molar-refractivity contribution in [2.75, 3.05) is 20.3 Å². The van der Waals surface area contributed by atoms with Crippen LogP contribution in [0.5, 0.6) is 0 Å². The van der Waals surface area contributed by atoms with Gasteiger partial charge in [-0.2, -0.15) is 0 Å². The molecule has 0 spiro atoms. The quantitative estimate of drug-likeness (QED) is 0.372. The van der Waals surface area contributed by atoms with Crippen LogP contribution < -0.4 is 0 Å². The fourth-order valence-electron chi connectivity index (χ4n) is 1.20. The number of methoxy groups -OCH3 is 1. The molecule has 16 heavy (non-hydrogen) atoms. The van der Waals surface area contributed by atoms with E-state index in [2.05, 4.69) is 6.58 Å². The lowest BCUT2D eigenvalue weighted by atomic mass is 10.00. The van der Waals surface area contributed by atoms with E-state index in [1.54, 1.807) is 13.8 Å². The molecule has 0 aromatic carbocycles. The average Bonchev–Trinajstić information content (AvgIpc) is 2.26. The maximum Gasteiger partial charge on any atom is 0.350 e. The van der Waals surface area contributed by atoms with Crippen LogP contribution in [0.25, 0.3) is 0 Å². The molecule has 0 radical (unpaired) electrons. The summed E-state index contributed by atoms with van der Waals surface area (Å²) in [6.45, 7) is 7.12. The van der Waals surface area contributed by atoms with Gasteiger partial charge in [-0.15, -0.1) is 6.58 Å². The van der Waals surface area contributed by atoms with Gasteiger partial charge in [0.25, 0.3) is 5.60 Å². The zero-order valence-electron chi connectivity index (χ0n) is 9.95. The van der Waals surface area contributed by atoms with Crippen molar-refractivity contribution in [2.24, 2.45) is 0 Å². The number of carbonyl (C=O) groups excluding carboxylic acids is 2. The van der Waals surface area contributed by atoms with Gasteiger partial charge in [0.2, 0.25) is 0 Å². The first-order valence-electron chi connectivity index (χ1n) is 5.09. The zero-order valence-corrected chi connectivity index (χ0v) is 9.95. The summed E-state index contributed by atoms with van der Waals surface area (Å²) in [5.74, 6) is -1.51. The molecule has 0 bridgehead atoms. The highest BCUT2D eigenvalue weighted by Gasteiger charge is 2.48. The molecule has 0 saturated carbocycles. The summed E-state index contributed by atoms with van der Waals surface area (Å²) in [6, 6.07) is 0. The van der Waals surface area contributed by atoms with Gasteiger partial charge in [-0.25, -0.2) is 9.59 Å². The van der Waals surface area contributed by atoms with Crippen LogP contribution in [0.4, 0.5) is 0 Å². The molecule has 0 aliphatic carbocycles. The van der Waals surface area contributed by atoms with E-state index >= 15 is 0 Å². The van der Waals surface area contributed by atoms with Crippen LogP contribution in [0, 0.1) is 0 Å². The van der Waals surface area contributed by atoms with Crippen molar-refractivity contribution in [3.63, 3.8) is 0 Å². The molecule has 0 aromatic heterocycles. The van der Waals surface area contributed by atoms with E-state index in [1.807, 2.05) is 0 Å².